The van der Waals surface area contributed by atoms with Gasteiger partial charge in [-0.25, -0.2) is 0 Å². The summed E-state index contributed by atoms with van der Waals surface area (Å²) >= 11 is 1.72. The Hall–Kier alpha value is -2.44. The second-order valence-electron chi connectivity index (χ2n) is 6.54. The predicted octanol–water partition coefficient (Wildman–Crippen LogP) is 2.78. The Morgan fingerprint density at radius 3 is 2.50 bits per heavy atom. The SMILES string of the molecule is Cc1nn(C)c(C)c1NC(=O)[C@H](C)[NH2+][C@H](c1ccccc1)c1cccs1. The van der Waals surface area contributed by atoms with Gasteiger partial charge in [0.25, 0.3) is 5.91 Å². The van der Waals surface area contributed by atoms with E-state index in [1.54, 1.807) is 16.0 Å². The highest BCUT2D eigenvalue weighted by molar-refractivity contribution is 7.10. The lowest BCUT2D eigenvalue weighted by atomic mass is 10.0. The third kappa shape index (κ3) is 3.86. The number of benzene rings is 1. The molecule has 6 heteroatoms. The highest BCUT2D eigenvalue weighted by atomic mass is 32.1. The van der Waals surface area contributed by atoms with Crippen molar-refractivity contribution in [2.75, 3.05) is 5.32 Å². The summed E-state index contributed by atoms with van der Waals surface area (Å²) in [6.07, 6.45) is 0. The van der Waals surface area contributed by atoms with Crippen molar-refractivity contribution >= 4 is 22.9 Å². The van der Waals surface area contributed by atoms with E-state index in [0.717, 1.165) is 17.1 Å². The van der Waals surface area contributed by atoms with Gasteiger partial charge in [0.05, 0.1) is 22.0 Å². The number of nitrogens with one attached hydrogen (secondary N) is 1. The third-order valence-corrected chi connectivity index (χ3v) is 5.62. The molecule has 2 heterocycles. The molecule has 0 aliphatic heterocycles. The van der Waals surface area contributed by atoms with Crippen LogP contribution in [0.1, 0.15) is 34.8 Å². The van der Waals surface area contributed by atoms with Crippen LogP contribution >= 0.6 is 11.3 Å². The van der Waals surface area contributed by atoms with E-state index in [1.807, 2.05) is 46.0 Å². The van der Waals surface area contributed by atoms with E-state index in [2.05, 4.69) is 45.4 Å². The maximum Gasteiger partial charge on any atom is 0.282 e. The van der Waals surface area contributed by atoms with Crippen LogP contribution in [-0.4, -0.2) is 21.7 Å². The molecule has 3 N–H and O–H groups in total. The zero-order valence-electron chi connectivity index (χ0n) is 15.6. The molecule has 0 unspecified atom stereocenters. The Morgan fingerprint density at radius 1 is 1.19 bits per heavy atom. The van der Waals surface area contributed by atoms with Crippen molar-refractivity contribution in [2.45, 2.75) is 32.9 Å². The fourth-order valence-corrected chi connectivity index (χ4v) is 3.90. The van der Waals surface area contributed by atoms with Gasteiger partial charge < -0.3 is 10.6 Å². The number of amides is 1. The van der Waals surface area contributed by atoms with Crippen LogP contribution in [0.25, 0.3) is 0 Å². The molecule has 26 heavy (non-hydrogen) atoms. The molecule has 0 saturated carbocycles. The van der Waals surface area contributed by atoms with Gasteiger partial charge in [0, 0.05) is 12.6 Å². The summed E-state index contributed by atoms with van der Waals surface area (Å²) in [7, 11) is 1.88. The Balaban J connectivity index is 1.77. The first-order valence-corrected chi connectivity index (χ1v) is 9.59. The molecule has 3 rings (SSSR count). The van der Waals surface area contributed by atoms with Crippen molar-refractivity contribution in [1.29, 1.82) is 0 Å². The summed E-state index contributed by atoms with van der Waals surface area (Å²) in [4.78, 5) is 14.0. The lowest BCUT2D eigenvalue weighted by Gasteiger charge is -2.19. The van der Waals surface area contributed by atoms with Crippen molar-refractivity contribution in [3.8, 4) is 0 Å². The fourth-order valence-electron chi connectivity index (χ4n) is 3.07. The maximum absolute atomic E-state index is 12.8. The molecule has 0 bridgehead atoms. The topological polar surface area (TPSA) is 63.5 Å². The second-order valence-corrected chi connectivity index (χ2v) is 7.52. The van der Waals surface area contributed by atoms with E-state index in [1.165, 1.54) is 10.4 Å². The van der Waals surface area contributed by atoms with E-state index < -0.39 is 0 Å². The van der Waals surface area contributed by atoms with Gasteiger partial charge in [-0.3, -0.25) is 9.48 Å². The molecule has 0 saturated heterocycles. The summed E-state index contributed by atoms with van der Waals surface area (Å²) in [6.45, 7) is 5.82. The summed E-state index contributed by atoms with van der Waals surface area (Å²) < 4.78 is 1.79. The molecule has 0 aliphatic rings. The maximum atomic E-state index is 12.8. The first-order chi connectivity index (χ1) is 12.5. The summed E-state index contributed by atoms with van der Waals surface area (Å²) in [6, 6.07) is 14.4. The van der Waals surface area contributed by atoms with E-state index in [9.17, 15) is 4.79 Å². The molecule has 0 aliphatic carbocycles. The van der Waals surface area contributed by atoms with Crippen LogP contribution in [0.2, 0.25) is 0 Å². The molecule has 136 valence electrons. The number of nitrogens with two attached hydrogens (primary N) is 1. The number of anilines is 1. The molecule has 0 radical (unpaired) electrons. The van der Waals surface area contributed by atoms with Gasteiger partial charge >= 0.3 is 0 Å². The zero-order chi connectivity index (χ0) is 18.7. The molecule has 0 fully saturated rings. The number of aromatic nitrogens is 2. The van der Waals surface area contributed by atoms with Gasteiger partial charge in [-0.05, 0) is 32.2 Å². The quantitative estimate of drug-likeness (QED) is 0.702. The first kappa shape index (κ1) is 18.4. The van der Waals surface area contributed by atoms with Crippen molar-refractivity contribution in [3.63, 3.8) is 0 Å². The number of nitrogens with zero attached hydrogens (tertiary/aromatic N) is 2. The summed E-state index contributed by atoms with van der Waals surface area (Å²) in [5.41, 5.74) is 3.80. The van der Waals surface area contributed by atoms with Crippen LogP contribution < -0.4 is 10.6 Å². The molecule has 5 nitrogen and oxygen atoms in total. The zero-order valence-corrected chi connectivity index (χ0v) is 16.4. The Bertz CT molecular complexity index is 871. The van der Waals surface area contributed by atoms with Gasteiger partial charge in [0.15, 0.2) is 6.04 Å². The molecule has 1 amide bonds. The number of carbonyl (C=O) groups is 1. The van der Waals surface area contributed by atoms with E-state index in [-0.39, 0.29) is 18.0 Å². The standard InChI is InChI=1S/C20H24N4OS/c1-13-18(15(3)24(4)23-13)22-20(25)14(2)21-19(17-11-8-12-26-17)16-9-6-5-7-10-16/h5-12,14,19,21H,1-4H3,(H,22,25)/p+1/t14-,19+/m0/s1. The highest BCUT2D eigenvalue weighted by Crippen LogP contribution is 2.23. The smallest absolute Gasteiger partial charge is 0.282 e. The molecule has 1 aromatic carbocycles. The second kappa shape index (κ2) is 7.85. The van der Waals surface area contributed by atoms with Crippen LogP contribution in [0.5, 0.6) is 0 Å². The van der Waals surface area contributed by atoms with Gasteiger partial charge in [0.1, 0.15) is 6.04 Å². The minimum Gasteiger partial charge on any atom is -0.326 e. The molecule has 2 atom stereocenters. The largest absolute Gasteiger partial charge is 0.326 e. The number of carbonyl (C=O) groups excluding carboxylic acids is 1. The first-order valence-electron chi connectivity index (χ1n) is 8.71. The van der Waals surface area contributed by atoms with Crippen molar-refractivity contribution in [2.24, 2.45) is 7.05 Å². The lowest BCUT2D eigenvalue weighted by Crippen LogP contribution is -2.92. The number of hydrogen-bond donors (Lipinski definition) is 2. The Labute approximate surface area is 158 Å². The van der Waals surface area contributed by atoms with E-state index in [4.69, 9.17) is 0 Å². The molecule has 0 spiro atoms. The van der Waals surface area contributed by atoms with Gasteiger partial charge in [0.2, 0.25) is 0 Å². The Morgan fingerprint density at radius 2 is 1.92 bits per heavy atom. The van der Waals surface area contributed by atoms with Crippen LogP contribution in [0, 0.1) is 13.8 Å². The Kier molecular flexibility index (Phi) is 5.54. The van der Waals surface area contributed by atoms with Gasteiger partial charge in [-0.1, -0.05) is 36.4 Å². The monoisotopic (exact) mass is 369 g/mol. The molecule has 3 aromatic rings. The van der Waals surface area contributed by atoms with Crippen molar-refractivity contribution < 1.29 is 10.1 Å². The molecular weight excluding hydrogens is 344 g/mol. The summed E-state index contributed by atoms with van der Waals surface area (Å²) in [5.74, 6) is -0.0123. The number of quaternary nitrogens is 1. The summed E-state index contributed by atoms with van der Waals surface area (Å²) in [5, 5.41) is 11.6. The number of aryl methyl sites for hydroxylation is 2. The average molecular weight is 370 g/mol. The average Bonchev–Trinajstić information content (AvgIpc) is 3.25. The highest BCUT2D eigenvalue weighted by Gasteiger charge is 2.26. The van der Waals surface area contributed by atoms with Gasteiger partial charge in [-0.2, -0.15) is 5.10 Å². The van der Waals surface area contributed by atoms with Crippen LogP contribution in [-0.2, 0) is 11.8 Å². The van der Waals surface area contributed by atoms with Gasteiger partial charge in [-0.15, -0.1) is 11.3 Å². The third-order valence-electron chi connectivity index (χ3n) is 4.66. The number of hydrogen-bond acceptors (Lipinski definition) is 3. The minimum absolute atomic E-state index is 0.0123. The van der Waals surface area contributed by atoms with E-state index >= 15 is 0 Å². The molecular formula is C20H25N4OS+. The lowest BCUT2D eigenvalue weighted by molar-refractivity contribution is -0.703. The van der Waals surface area contributed by atoms with Crippen molar-refractivity contribution in [1.82, 2.24) is 9.78 Å². The minimum atomic E-state index is -0.235. The molecule has 2 aromatic heterocycles. The number of thiophene rings is 1. The van der Waals surface area contributed by atoms with Crippen LogP contribution in [0.3, 0.4) is 0 Å². The fraction of sp³-hybridized carbons (Fsp3) is 0.300. The predicted molar refractivity (Wildman–Crippen MR) is 105 cm³/mol. The van der Waals surface area contributed by atoms with E-state index in [0.29, 0.717) is 0 Å². The van der Waals surface area contributed by atoms with Crippen LogP contribution in [0.4, 0.5) is 5.69 Å². The number of rotatable bonds is 6. The van der Waals surface area contributed by atoms with Crippen LogP contribution in [0.15, 0.2) is 47.8 Å². The normalized spacial score (nSPS) is 13.4. The van der Waals surface area contributed by atoms with Crippen molar-refractivity contribution in [3.05, 3.63) is 69.7 Å².